The molecule has 0 aliphatic rings. The fraction of sp³-hybridized carbons (Fsp3) is 0.111. The first-order valence-corrected chi connectivity index (χ1v) is 4.89. The quantitative estimate of drug-likeness (QED) is 0.718. The molecule has 0 unspecified atom stereocenters. The molecule has 2 aromatic rings. The Balaban J connectivity index is 2.35. The second-order valence-corrected chi connectivity index (χ2v) is 3.25. The second kappa shape index (κ2) is 3.11. The van der Waals surface area contributed by atoms with Crippen LogP contribution in [0, 0.1) is 0 Å². The highest BCUT2D eigenvalue weighted by atomic mass is 32.2. The lowest BCUT2D eigenvalue weighted by Gasteiger charge is -1.86. The van der Waals surface area contributed by atoms with Gasteiger partial charge in [-0.3, -0.25) is 0 Å². The van der Waals surface area contributed by atoms with Gasteiger partial charge >= 0.3 is 0 Å². The van der Waals surface area contributed by atoms with E-state index < -0.39 is 0 Å². The summed E-state index contributed by atoms with van der Waals surface area (Å²) in [6.45, 7) is 0. The number of H-pyrrole nitrogens is 1. The van der Waals surface area contributed by atoms with Crippen LogP contribution >= 0.6 is 11.8 Å². The van der Waals surface area contributed by atoms with E-state index in [1.807, 2.05) is 30.7 Å². The fourth-order valence-electron chi connectivity index (χ4n) is 1.07. The van der Waals surface area contributed by atoms with Crippen molar-refractivity contribution in [3.8, 4) is 11.3 Å². The molecule has 0 bridgehead atoms. The van der Waals surface area contributed by atoms with Gasteiger partial charge in [-0.2, -0.15) is 0 Å². The third-order valence-corrected chi connectivity index (χ3v) is 2.30. The summed E-state index contributed by atoms with van der Waals surface area (Å²) < 4.78 is 5.28. The highest BCUT2D eigenvalue weighted by Crippen LogP contribution is 2.24. The maximum Gasteiger partial charge on any atom is 0.160 e. The molecule has 0 saturated carbocycles. The van der Waals surface area contributed by atoms with Gasteiger partial charge in [0.2, 0.25) is 0 Å². The van der Waals surface area contributed by atoms with E-state index in [4.69, 9.17) is 4.42 Å². The second-order valence-electron chi connectivity index (χ2n) is 2.44. The van der Waals surface area contributed by atoms with Crippen LogP contribution in [0.2, 0.25) is 0 Å². The van der Waals surface area contributed by atoms with Gasteiger partial charge in [0.25, 0.3) is 0 Å². The Hall–Kier alpha value is -1.09. The molecule has 1 N–H and O–H groups in total. The zero-order valence-corrected chi connectivity index (χ0v) is 7.52. The van der Waals surface area contributed by atoms with Crippen molar-refractivity contribution < 1.29 is 4.42 Å². The lowest BCUT2D eigenvalue weighted by atomic mass is 10.2. The third-order valence-electron chi connectivity index (χ3n) is 1.69. The van der Waals surface area contributed by atoms with E-state index in [-0.39, 0.29) is 0 Å². The summed E-state index contributed by atoms with van der Waals surface area (Å²) in [6, 6.07) is 6.02. The first-order chi connectivity index (χ1) is 5.90. The maximum absolute atomic E-state index is 5.28. The predicted octanol–water partition coefficient (Wildman–Crippen LogP) is 3.00. The zero-order valence-electron chi connectivity index (χ0n) is 6.70. The van der Waals surface area contributed by atoms with Gasteiger partial charge in [-0.1, -0.05) is 11.8 Å². The van der Waals surface area contributed by atoms with Crippen LogP contribution in [0.15, 0.2) is 40.2 Å². The van der Waals surface area contributed by atoms with Crippen molar-refractivity contribution in [3.63, 3.8) is 0 Å². The largest absolute Gasteiger partial charge is 0.457 e. The molecule has 12 heavy (non-hydrogen) atoms. The van der Waals surface area contributed by atoms with Crippen LogP contribution in [0.3, 0.4) is 0 Å². The number of nitrogens with one attached hydrogen (secondary N) is 1. The van der Waals surface area contributed by atoms with Gasteiger partial charge in [-0.15, -0.1) is 0 Å². The SMILES string of the molecule is CSc1cc(-c2ccc[nH]2)co1. The molecule has 0 atom stereocenters. The molecular weight excluding hydrogens is 170 g/mol. The van der Waals surface area contributed by atoms with Crippen molar-refractivity contribution in [2.75, 3.05) is 6.26 Å². The molecule has 0 radical (unpaired) electrons. The van der Waals surface area contributed by atoms with E-state index in [0.717, 1.165) is 16.3 Å². The Bertz CT molecular complexity index is 350. The summed E-state index contributed by atoms with van der Waals surface area (Å²) in [4.78, 5) is 3.12. The van der Waals surface area contributed by atoms with Crippen LogP contribution in [0.4, 0.5) is 0 Å². The molecular formula is C9H9NOS. The monoisotopic (exact) mass is 179 g/mol. The summed E-state index contributed by atoms with van der Waals surface area (Å²) >= 11 is 1.61. The minimum atomic E-state index is 0.944. The molecule has 62 valence electrons. The topological polar surface area (TPSA) is 28.9 Å². The Morgan fingerprint density at radius 3 is 3.00 bits per heavy atom. The number of furan rings is 1. The van der Waals surface area contributed by atoms with E-state index in [1.54, 1.807) is 18.0 Å². The molecule has 0 saturated heterocycles. The summed E-state index contributed by atoms with van der Waals surface area (Å²) in [5.41, 5.74) is 2.20. The van der Waals surface area contributed by atoms with Crippen LogP contribution in [0.1, 0.15) is 0 Å². The summed E-state index contributed by atoms with van der Waals surface area (Å²) in [5, 5.41) is 0.944. The lowest BCUT2D eigenvalue weighted by molar-refractivity contribution is 0.475. The molecule has 0 amide bonds. The number of hydrogen-bond donors (Lipinski definition) is 1. The molecule has 2 heterocycles. The smallest absolute Gasteiger partial charge is 0.160 e. The molecule has 2 rings (SSSR count). The molecule has 2 aromatic heterocycles. The van der Waals surface area contributed by atoms with Gasteiger partial charge in [0, 0.05) is 17.5 Å². The Morgan fingerprint density at radius 2 is 2.42 bits per heavy atom. The van der Waals surface area contributed by atoms with Gasteiger partial charge in [0.15, 0.2) is 5.09 Å². The normalized spacial score (nSPS) is 10.4. The number of thioether (sulfide) groups is 1. The molecule has 0 aromatic carbocycles. The van der Waals surface area contributed by atoms with Gasteiger partial charge in [0.1, 0.15) is 6.26 Å². The number of hydrogen-bond acceptors (Lipinski definition) is 2. The lowest BCUT2D eigenvalue weighted by Crippen LogP contribution is -1.68. The first kappa shape index (κ1) is 7.55. The molecule has 0 aliphatic carbocycles. The first-order valence-electron chi connectivity index (χ1n) is 3.66. The van der Waals surface area contributed by atoms with Crippen molar-refractivity contribution in [2.45, 2.75) is 5.09 Å². The van der Waals surface area contributed by atoms with Crippen molar-refractivity contribution in [1.82, 2.24) is 4.98 Å². The molecule has 0 aliphatic heterocycles. The van der Waals surface area contributed by atoms with E-state index in [0.29, 0.717) is 0 Å². The summed E-state index contributed by atoms with van der Waals surface area (Å²) in [7, 11) is 0. The van der Waals surface area contributed by atoms with E-state index in [2.05, 4.69) is 4.98 Å². The number of rotatable bonds is 2. The molecule has 2 nitrogen and oxygen atoms in total. The van der Waals surface area contributed by atoms with Crippen molar-refractivity contribution in [3.05, 3.63) is 30.7 Å². The van der Waals surface area contributed by atoms with Crippen molar-refractivity contribution in [2.24, 2.45) is 0 Å². The van der Waals surface area contributed by atoms with Crippen LogP contribution in [-0.2, 0) is 0 Å². The third kappa shape index (κ3) is 1.28. The molecule has 0 fully saturated rings. The highest BCUT2D eigenvalue weighted by Gasteiger charge is 2.02. The standard InChI is InChI=1S/C9H9NOS/c1-12-9-5-7(6-11-9)8-3-2-4-10-8/h2-6,10H,1H3. The molecule has 0 spiro atoms. The summed E-state index contributed by atoms with van der Waals surface area (Å²) in [6.07, 6.45) is 5.66. The number of aromatic amines is 1. The van der Waals surface area contributed by atoms with E-state index >= 15 is 0 Å². The fourth-order valence-corrected chi connectivity index (χ4v) is 1.46. The number of aromatic nitrogens is 1. The average molecular weight is 179 g/mol. The van der Waals surface area contributed by atoms with Crippen LogP contribution in [0.25, 0.3) is 11.3 Å². The van der Waals surface area contributed by atoms with Gasteiger partial charge in [-0.25, -0.2) is 0 Å². The average Bonchev–Trinajstić information content (AvgIpc) is 2.75. The predicted molar refractivity (Wildman–Crippen MR) is 50.3 cm³/mol. The van der Waals surface area contributed by atoms with Crippen molar-refractivity contribution in [1.29, 1.82) is 0 Å². The zero-order chi connectivity index (χ0) is 8.39. The Kier molecular flexibility index (Phi) is 1.96. The maximum atomic E-state index is 5.28. The van der Waals surface area contributed by atoms with Crippen molar-refractivity contribution >= 4 is 11.8 Å². The summed E-state index contributed by atoms with van der Waals surface area (Å²) in [5.74, 6) is 0. The van der Waals surface area contributed by atoms with Crippen LogP contribution < -0.4 is 0 Å². The Labute approximate surface area is 75.0 Å². The minimum Gasteiger partial charge on any atom is -0.457 e. The van der Waals surface area contributed by atoms with Gasteiger partial charge in [-0.05, 0) is 24.5 Å². The van der Waals surface area contributed by atoms with E-state index in [1.165, 1.54) is 0 Å². The van der Waals surface area contributed by atoms with E-state index in [9.17, 15) is 0 Å². The van der Waals surface area contributed by atoms with Crippen LogP contribution in [-0.4, -0.2) is 11.2 Å². The highest BCUT2D eigenvalue weighted by molar-refractivity contribution is 7.98. The minimum absolute atomic E-state index is 0.944. The van der Waals surface area contributed by atoms with Gasteiger partial charge in [0.05, 0.1) is 0 Å². The van der Waals surface area contributed by atoms with Crippen LogP contribution in [0.5, 0.6) is 0 Å². The molecule has 3 heteroatoms. The van der Waals surface area contributed by atoms with Gasteiger partial charge < -0.3 is 9.40 Å². The Morgan fingerprint density at radius 1 is 1.50 bits per heavy atom.